The first-order valence-corrected chi connectivity index (χ1v) is 7.80. The SMILES string of the molecule is CC1CN(CC(=O)N2CCCCCCC2)C(C)CO1. The highest BCUT2D eigenvalue weighted by Crippen LogP contribution is 2.14. The summed E-state index contributed by atoms with van der Waals surface area (Å²) in [5, 5.41) is 0. The van der Waals surface area contributed by atoms with Crippen LogP contribution in [0.2, 0.25) is 0 Å². The van der Waals surface area contributed by atoms with Crippen molar-refractivity contribution in [3.05, 3.63) is 0 Å². The minimum absolute atomic E-state index is 0.247. The number of amides is 1. The van der Waals surface area contributed by atoms with E-state index in [1.807, 2.05) is 0 Å². The molecular weight excluding hydrogens is 240 g/mol. The van der Waals surface area contributed by atoms with E-state index in [2.05, 4.69) is 23.6 Å². The summed E-state index contributed by atoms with van der Waals surface area (Å²) in [4.78, 5) is 16.8. The zero-order valence-corrected chi connectivity index (χ0v) is 12.4. The first-order chi connectivity index (χ1) is 9.16. The van der Waals surface area contributed by atoms with E-state index in [1.165, 1.54) is 32.1 Å². The van der Waals surface area contributed by atoms with Gasteiger partial charge in [-0.15, -0.1) is 0 Å². The zero-order valence-electron chi connectivity index (χ0n) is 12.4. The van der Waals surface area contributed by atoms with E-state index >= 15 is 0 Å². The van der Waals surface area contributed by atoms with Gasteiger partial charge in [0, 0.05) is 25.7 Å². The van der Waals surface area contributed by atoms with Crippen LogP contribution in [0.3, 0.4) is 0 Å². The van der Waals surface area contributed by atoms with Crippen LogP contribution in [0, 0.1) is 0 Å². The number of nitrogens with zero attached hydrogens (tertiary/aromatic N) is 2. The maximum atomic E-state index is 12.4. The lowest BCUT2D eigenvalue weighted by molar-refractivity contribution is -0.136. The van der Waals surface area contributed by atoms with Gasteiger partial charge in [-0.1, -0.05) is 19.3 Å². The molecule has 0 aromatic carbocycles. The molecule has 0 aromatic heterocycles. The molecule has 0 radical (unpaired) electrons. The van der Waals surface area contributed by atoms with Crippen molar-refractivity contribution in [1.29, 1.82) is 0 Å². The number of hydrogen-bond acceptors (Lipinski definition) is 3. The summed E-state index contributed by atoms with van der Waals surface area (Å²) in [5.74, 6) is 0.308. The summed E-state index contributed by atoms with van der Waals surface area (Å²) in [5.41, 5.74) is 0. The van der Waals surface area contributed by atoms with Gasteiger partial charge < -0.3 is 9.64 Å². The second-order valence-corrected chi connectivity index (χ2v) is 6.07. The monoisotopic (exact) mass is 268 g/mol. The molecule has 110 valence electrons. The zero-order chi connectivity index (χ0) is 13.7. The minimum Gasteiger partial charge on any atom is -0.376 e. The molecule has 2 atom stereocenters. The Bertz CT molecular complexity index is 288. The van der Waals surface area contributed by atoms with Gasteiger partial charge in [0.05, 0.1) is 19.3 Å². The van der Waals surface area contributed by atoms with Crippen LogP contribution in [0.4, 0.5) is 0 Å². The molecule has 0 bridgehead atoms. The molecule has 2 aliphatic heterocycles. The van der Waals surface area contributed by atoms with Crippen LogP contribution >= 0.6 is 0 Å². The van der Waals surface area contributed by atoms with Crippen molar-refractivity contribution in [2.45, 2.75) is 58.1 Å². The third kappa shape index (κ3) is 4.46. The molecule has 2 unspecified atom stereocenters. The highest BCUT2D eigenvalue weighted by atomic mass is 16.5. The van der Waals surface area contributed by atoms with Crippen molar-refractivity contribution in [1.82, 2.24) is 9.80 Å². The van der Waals surface area contributed by atoms with Crippen LogP contribution in [0.25, 0.3) is 0 Å². The molecule has 2 aliphatic rings. The van der Waals surface area contributed by atoms with Gasteiger partial charge in [-0.05, 0) is 26.7 Å². The molecule has 0 aliphatic carbocycles. The largest absolute Gasteiger partial charge is 0.376 e. The molecule has 19 heavy (non-hydrogen) atoms. The van der Waals surface area contributed by atoms with E-state index < -0.39 is 0 Å². The molecule has 2 rings (SSSR count). The number of carbonyl (C=O) groups is 1. The van der Waals surface area contributed by atoms with Gasteiger partial charge in [-0.25, -0.2) is 0 Å². The lowest BCUT2D eigenvalue weighted by Crippen LogP contribution is -2.51. The van der Waals surface area contributed by atoms with Gasteiger partial charge in [0.15, 0.2) is 0 Å². The molecule has 0 N–H and O–H groups in total. The fraction of sp³-hybridized carbons (Fsp3) is 0.933. The predicted octanol–water partition coefficient (Wildman–Crippen LogP) is 1.89. The van der Waals surface area contributed by atoms with Crippen LogP contribution in [0.1, 0.15) is 46.0 Å². The highest BCUT2D eigenvalue weighted by molar-refractivity contribution is 5.78. The smallest absolute Gasteiger partial charge is 0.236 e. The Kier molecular flexibility index (Phi) is 5.64. The van der Waals surface area contributed by atoms with Crippen molar-refractivity contribution >= 4 is 5.91 Å². The lowest BCUT2D eigenvalue weighted by atomic mass is 10.1. The molecule has 0 saturated carbocycles. The Labute approximate surface area is 117 Å². The number of carbonyl (C=O) groups excluding carboxylic acids is 1. The fourth-order valence-corrected chi connectivity index (χ4v) is 2.96. The maximum Gasteiger partial charge on any atom is 0.236 e. The molecule has 2 heterocycles. The van der Waals surface area contributed by atoms with Crippen LogP contribution in [-0.2, 0) is 9.53 Å². The summed E-state index contributed by atoms with van der Waals surface area (Å²) < 4.78 is 5.62. The van der Waals surface area contributed by atoms with Crippen molar-refractivity contribution in [2.75, 3.05) is 32.8 Å². The number of morpholine rings is 1. The van der Waals surface area contributed by atoms with Crippen LogP contribution < -0.4 is 0 Å². The van der Waals surface area contributed by atoms with Gasteiger partial charge in [0.25, 0.3) is 0 Å². The van der Waals surface area contributed by atoms with E-state index in [4.69, 9.17) is 4.74 Å². The maximum absolute atomic E-state index is 12.4. The third-order valence-corrected chi connectivity index (χ3v) is 4.28. The van der Waals surface area contributed by atoms with E-state index in [0.717, 1.165) is 26.2 Å². The molecular formula is C15H28N2O2. The first-order valence-electron chi connectivity index (χ1n) is 7.80. The lowest BCUT2D eigenvalue weighted by Gasteiger charge is -2.37. The van der Waals surface area contributed by atoms with E-state index in [1.54, 1.807) is 0 Å². The van der Waals surface area contributed by atoms with Gasteiger partial charge >= 0.3 is 0 Å². The Morgan fingerprint density at radius 2 is 1.74 bits per heavy atom. The van der Waals surface area contributed by atoms with Crippen molar-refractivity contribution in [3.63, 3.8) is 0 Å². The van der Waals surface area contributed by atoms with Crippen molar-refractivity contribution in [3.8, 4) is 0 Å². The molecule has 2 fully saturated rings. The Hall–Kier alpha value is -0.610. The summed E-state index contributed by atoms with van der Waals surface area (Å²) in [7, 11) is 0. The third-order valence-electron chi connectivity index (χ3n) is 4.28. The standard InChI is InChI=1S/C15H28N2O2/c1-13-12-19-14(2)10-17(13)11-15(18)16-8-6-4-3-5-7-9-16/h13-14H,3-12H2,1-2H3. The molecule has 4 nitrogen and oxygen atoms in total. The quantitative estimate of drug-likeness (QED) is 0.766. The van der Waals surface area contributed by atoms with Crippen LogP contribution in [0.15, 0.2) is 0 Å². The summed E-state index contributed by atoms with van der Waals surface area (Å²) >= 11 is 0. The van der Waals surface area contributed by atoms with Gasteiger partial charge in [0.1, 0.15) is 0 Å². The van der Waals surface area contributed by atoms with E-state index in [-0.39, 0.29) is 6.10 Å². The van der Waals surface area contributed by atoms with E-state index in [0.29, 0.717) is 18.5 Å². The Morgan fingerprint density at radius 3 is 2.42 bits per heavy atom. The number of rotatable bonds is 2. The molecule has 4 heteroatoms. The second kappa shape index (κ2) is 7.25. The van der Waals surface area contributed by atoms with Crippen LogP contribution in [-0.4, -0.2) is 60.6 Å². The van der Waals surface area contributed by atoms with Crippen LogP contribution in [0.5, 0.6) is 0 Å². The fourth-order valence-electron chi connectivity index (χ4n) is 2.96. The number of ether oxygens (including phenoxy) is 1. The van der Waals surface area contributed by atoms with Gasteiger partial charge in [-0.2, -0.15) is 0 Å². The van der Waals surface area contributed by atoms with Crippen molar-refractivity contribution in [2.24, 2.45) is 0 Å². The van der Waals surface area contributed by atoms with Gasteiger partial charge in [0.2, 0.25) is 5.91 Å². The minimum atomic E-state index is 0.247. The Morgan fingerprint density at radius 1 is 1.11 bits per heavy atom. The molecule has 0 aromatic rings. The number of likely N-dealkylation sites (tertiary alicyclic amines) is 1. The Balaban J connectivity index is 1.84. The summed E-state index contributed by atoms with van der Waals surface area (Å²) in [6, 6.07) is 0.356. The topological polar surface area (TPSA) is 32.8 Å². The summed E-state index contributed by atoms with van der Waals surface area (Å²) in [6.45, 7) is 8.32. The molecule has 1 amide bonds. The second-order valence-electron chi connectivity index (χ2n) is 6.07. The normalized spacial score (nSPS) is 30.7. The van der Waals surface area contributed by atoms with E-state index in [9.17, 15) is 4.79 Å². The number of hydrogen-bond donors (Lipinski definition) is 0. The van der Waals surface area contributed by atoms with Gasteiger partial charge in [-0.3, -0.25) is 9.69 Å². The molecule has 2 saturated heterocycles. The van der Waals surface area contributed by atoms with Crippen molar-refractivity contribution < 1.29 is 9.53 Å². The predicted molar refractivity (Wildman–Crippen MR) is 76.1 cm³/mol. The molecule has 0 spiro atoms. The summed E-state index contributed by atoms with van der Waals surface area (Å²) in [6.07, 6.45) is 6.46. The average molecular weight is 268 g/mol. The first kappa shape index (κ1) is 14.8. The highest BCUT2D eigenvalue weighted by Gasteiger charge is 2.26. The average Bonchev–Trinajstić information content (AvgIpc) is 2.33.